The zero-order valence-corrected chi connectivity index (χ0v) is 16.5. The first kappa shape index (κ1) is 19.7. The predicted octanol–water partition coefficient (Wildman–Crippen LogP) is 4.52. The molecule has 0 aliphatic heterocycles. The molecule has 30 heavy (non-hydrogen) atoms. The van der Waals surface area contributed by atoms with Crippen molar-refractivity contribution in [3.63, 3.8) is 0 Å². The minimum Gasteiger partial charge on any atom is -0.369 e. The maximum absolute atomic E-state index is 13.4. The van der Waals surface area contributed by atoms with Crippen LogP contribution in [0.5, 0.6) is 0 Å². The van der Waals surface area contributed by atoms with E-state index in [1.807, 2.05) is 18.2 Å². The van der Waals surface area contributed by atoms with E-state index >= 15 is 0 Å². The highest BCUT2D eigenvalue weighted by atomic mass is 35.5. The fourth-order valence-corrected chi connectivity index (χ4v) is 2.96. The van der Waals surface area contributed by atoms with Crippen molar-refractivity contribution in [3.8, 4) is 11.1 Å². The van der Waals surface area contributed by atoms with E-state index < -0.39 is 5.82 Å². The van der Waals surface area contributed by atoms with Crippen LogP contribution in [0.1, 0.15) is 5.69 Å². The number of aromatic nitrogens is 5. The van der Waals surface area contributed by atoms with Crippen molar-refractivity contribution in [1.82, 2.24) is 24.9 Å². The molecule has 0 unspecified atom stereocenters. The second kappa shape index (κ2) is 9.23. The summed E-state index contributed by atoms with van der Waals surface area (Å²) in [5.41, 5.74) is 3.10. The Morgan fingerprint density at radius 1 is 1.00 bits per heavy atom. The quantitative estimate of drug-likeness (QED) is 0.453. The van der Waals surface area contributed by atoms with E-state index in [4.69, 9.17) is 11.6 Å². The highest BCUT2D eigenvalue weighted by Gasteiger charge is 2.11. The zero-order valence-electron chi connectivity index (χ0n) is 15.8. The van der Waals surface area contributed by atoms with Crippen molar-refractivity contribution in [3.05, 3.63) is 84.0 Å². The van der Waals surface area contributed by atoms with Crippen LogP contribution in [-0.4, -0.2) is 31.5 Å². The Hall–Kier alpha value is -3.65. The van der Waals surface area contributed by atoms with Crippen molar-refractivity contribution >= 4 is 29.1 Å². The number of hydrogen-bond acceptors (Lipinski definition) is 7. The first-order chi connectivity index (χ1) is 14.7. The summed E-state index contributed by atoms with van der Waals surface area (Å²) in [5, 5.41) is 6.40. The van der Waals surface area contributed by atoms with Crippen LogP contribution < -0.4 is 10.6 Å². The van der Waals surface area contributed by atoms with E-state index in [2.05, 4.69) is 35.6 Å². The standard InChI is InChI=1S/C21H17ClFN7/c22-18-9-16(4-5-19(18)23)29-21-28-12-17(14-10-24-13-25-11-14)20(30-21)27-8-6-15-3-1-2-7-26-15/h1-5,7,9-13H,6,8H2,(H2,27,28,29,30). The fraction of sp³-hybridized carbons (Fsp3) is 0.0952. The summed E-state index contributed by atoms with van der Waals surface area (Å²) in [4.78, 5) is 21.4. The Morgan fingerprint density at radius 2 is 1.87 bits per heavy atom. The molecule has 3 aromatic heterocycles. The molecular weight excluding hydrogens is 405 g/mol. The number of nitrogens with one attached hydrogen (secondary N) is 2. The van der Waals surface area contributed by atoms with Crippen LogP contribution in [0.2, 0.25) is 5.02 Å². The number of pyridine rings is 1. The molecule has 4 rings (SSSR count). The van der Waals surface area contributed by atoms with Crippen molar-refractivity contribution < 1.29 is 4.39 Å². The van der Waals surface area contributed by atoms with Gasteiger partial charge in [0.25, 0.3) is 0 Å². The Kier molecular flexibility index (Phi) is 6.05. The number of anilines is 3. The average Bonchev–Trinajstić information content (AvgIpc) is 2.78. The lowest BCUT2D eigenvalue weighted by Gasteiger charge is -2.13. The maximum Gasteiger partial charge on any atom is 0.229 e. The Balaban J connectivity index is 1.58. The molecule has 0 atom stereocenters. The highest BCUT2D eigenvalue weighted by molar-refractivity contribution is 6.31. The Morgan fingerprint density at radius 3 is 2.63 bits per heavy atom. The van der Waals surface area contributed by atoms with E-state index in [0.717, 1.165) is 23.2 Å². The lowest BCUT2D eigenvalue weighted by Crippen LogP contribution is -2.10. The van der Waals surface area contributed by atoms with Gasteiger partial charge in [0.05, 0.1) is 5.02 Å². The molecule has 2 N–H and O–H groups in total. The average molecular weight is 422 g/mol. The second-order valence-corrected chi connectivity index (χ2v) is 6.74. The normalized spacial score (nSPS) is 10.6. The fourth-order valence-electron chi connectivity index (χ4n) is 2.78. The third kappa shape index (κ3) is 4.84. The van der Waals surface area contributed by atoms with Gasteiger partial charge < -0.3 is 10.6 Å². The summed E-state index contributed by atoms with van der Waals surface area (Å²) >= 11 is 5.86. The van der Waals surface area contributed by atoms with Crippen LogP contribution in [0.25, 0.3) is 11.1 Å². The largest absolute Gasteiger partial charge is 0.369 e. The number of benzene rings is 1. The molecule has 0 bridgehead atoms. The van der Waals surface area contributed by atoms with Crippen LogP contribution in [0.4, 0.5) is 21.8 Å². The molecule has 0 fully saturated rings. The molecule has 9 heteroatoms. The number of hydrogen-bond donors (Lipinski definition) is 2. The Labute approximate surface area is 177 Å². The summed E-state index contributed by atoms with van der Waals surface area (Å²) < 4.78 is 13.4. The predicted molar refractivity (Wildman–Crippen MR) is 114 cm³/mol. The lowest BCUT2D eigenvalue weighted by molar-refractivity contribution is 0.628. The number of rotatable bonds is 7. The van der Waals surface area contributed by atoms with E-state index in [-0.39, 0.29) is 5.02 Å². The highest BCUT2D eigenvalue weighted by Crippen LogP contribution is 2.27. The second-order valence-electron chi connectivity index (χ2n) is 6.33. The van der Waals surface area contributed by atoms with Gasteiger partial charge in [-0.25, -0.2) is 19.3 Å². The van der Waals surface area contributed by atoms with Crippen LogP contribution >= 0.6 is 11.6 Å². The van der Waals surface area contributed by atoms with E-state index in [0.29, 0.717) is 24.0 Å². The number of nitrogens with zero attached hydrogens (tertiary/aromatic N) is 5. The number of halogens is 2. The molecule has 0 radical (unpaired) electrons. The molecule has 7 nitrogen and oxygen atoms in total. The zero-order chi connectivity index (χ0) is 20.8. The maximum atomic E-state index is 13.4. The van der Waals surface area contributed by atoms with E-state index in [1.54, 1.807) is 30.9 Å². The van der Waals surface area contributed by atoms with E-state index in [9.17, 15) is 4.39 Å². The Bertz CT molecular complexity index is 1130. The molecule has 150 valence electrons. The molecule has 0 spiro atoms. The van der Waals surface area contributed by atoms with Crippen molar-refractivity contribution in [2.75, 3.05) is 17.2 Å². The minimum atomic E-state index is -0.487. The first-order valence-corrected chi connectivity index (χ1v) is 9.55. The van der Waals surface area contributed by atoms with Crippen molar-refractivity contribution in [1.29, 1.82) is 0 Å². The third-order valence-corrected chi connectivity index (χ3v) is 4.53. The molecule has 4 aromatic rings. The summed E-state index contributed by atoms with van der Waals surface area (Å²) in [5.74, 6) is 0.476. The third-order valence-electron chi connectivity index (χ3n) is 4.24. The monoisotopic (exact) mass is 421 g/mol. The van der Waals surface area contributed by atoms with Crippen LogP contribution in [0.15, 0.2) is 67.5 Å². The lowest BCUT2D eigenvalue weighted by atomic mass is 10.1. The molecular formula is C21H17ClFN7. The van der Waals surface area contributed by atoms with Gasteiger partial charge in [-0.1, -0.05) is 17.7 Å². The summed E-state index contributed by atoms with van der Waals surface area (Å²) in [6.07, 6.45) is 9.04. The summed E-state index contributed by atoms with van der Waals surface area (Å²) in [7, 11) is 0. The van der Waals surface area contributed by atoms with Gasteiger partial charge in [0.2, 0.25) is 5.95 Å². The SMILES string of the molecule is Fc1ccc(Nc2ncc(-c3cncnc3)c(NCCc3ccccn3)n2)cc1Cl. The smallest absolute Gasteiger partial charge is 0.229 e. The topological polar surface area (TPSA) is 88.5 Å². The van der Waals surface area contributed by atoms with Crippen LogP contribution in [0, 0.1) is 5.82 Å². The molecule has 0 aliphatic carbocycles. The minimum absolute atomic E-state index is 0.0202. The molecule has 3 heterocycles. The van der Waals surface area contributed by atoms with Crippen LogP contribution in [-0.2, 0) is 6.42 Å². The van der Waals surface area contributed by atoms with Crippen LogP contribution in [0.3, 0.4) is 0 Å². The summed E-state index contributed by atoms with van der Waals surface area (Å²) in [6, 6.07) is 10.1. The van der Waals surface area contributed by atoms with E-state index in [1.165, 1.54) is 18.5 Å². The van der Waals surface area contributed by atoms with Gasteiger partial charge in [-0.2, -0.15) is 4.98 Å². The van der Waals surface area contributed by atoms with Gasteiger partial charge in [-0.3, -0.25) is 4.98 Å². The molecule has 0 saturated heterocycles. The van der Waals surface area contributed by atoms with Gasteiger partial charge in [0, 0.05) is 60.3 Å². The van der Waals surface area contributed by atoms with Gasteiger partial charge in [0.1, 0.15) is 18.0 Å². The molecule has 0 aliphatic rings. The molecule has 1 aromatic carbocycles. The van der Waals surface area contributed by atoms with Gasteiger partial charge >= 0.3 is 0 Å². The van der Waals surface area contributed by atoms with Gasteiger partial charge in [0.15, 0.2) is 0 Å². The summed E-state index contributed by atoms with van der Waals surface area (Å²) in [6.45, 7) is 0.622. The molecule has 0 amide bonds. The van der Waals surface area contributed by atoms with Crippen molar-refractivity contribution in [2.24, 2.45) is 0 Å². The van der Waals surface area contributed by atoms with Crippen molar-refractivity contribution in [2.45, 2.75) is 6.42 Å². The molecule has 0 saturated carbocycles. The van der Waals surface area contributed by atoms with Gasteiger partial charge in [-0.15, -0.1) is 0 Å². The van der Waals surface area contributed by atoms with Gasteiger partial charge in [-0.05, 0) is 30.3 Å². The first-order valence-electron chi connectivity index (χ1n) is 9.17.